The molecule has 1 heterocycles. The van der Waals surface area contributed by atoms with Crippen molar-refractivity contribution in [3.05, 3.63) is 65.9 Å². The van der Waals surface area contributed by atoms with Crippen molar-refractivity contribution >= 4 is 16.8 Å². The van der Waals surface area contributed by atoms with Crippen LogP contribution in [0.3, 0.4) is 0 Å². The number of aromatic nitrogens is 1. The van der Waals surface area contributed by atoms with Crippen LogP contribution in [0, 0.1) is 0 Å². The van der Waals surface area contributed by atoms with Crippen LogP contribution in [-0.2, 0) is 4.79 Å². The molecule has 3 rings (SSSR count). The summed E-state index contributed by atoms with van der Waals surface area (Å²) in [5, 5.41) is 4.27. The number of benzene rings is 2. The number of methoxy groups -OCH3 is 1. The van der Waals surface area contributed by atoms with Gasteiger partial charge in [0.05, 0.1) is 7.11 Å². The summed E-state index contributed by atoms with van der Waals surface area (Å²) in [7, 11) is 1.66. The smallest absolute Gasteiger partial charge is 0.220 e. The maximum atomic E-state index is 12.0. The lowest BCUT2D eigenvalue weighted by atomic mass is 9.90. The molecule has 0 saturated carbocycles. The molecule has 25 heavy (non-hydrogen) atoms. The van der Waals surface area contributed by atoms with Crippen molar-refractivity contribution in [3.8, 4) is 5.75 Å². The first-order valence-electron chi connectivity index (χ1n) is 8.69. The van der Waals surface area contributed by atoms with Crippen LogP contribution in [0.25, 0.3) is 10.9 Å². The van der Waals surface area contributed by atoms with Gasteiger partial charge in [-0.3, -0.25) is 4.79 Å². The van der Waals surface area contributed by atoms with Crippen LogP contribution in [-0.4, -0.2) is 24.5 Å². The summed E-state index contributed by atoms with van der Waals surface area (Å²) in [6, 6.07) is 16.3. The van der Waals surface area contributed by atoms with Crippen molar-refractivity contribution in [2.45, 2.75) is 25.7 Å². The van der Waals surface area contributed by atoms with Gasteiger partial charge in [-0.15, -0.1) is 0 Å². The number of carbonyl (C=O) groups is 1. The topological polar surface area (TPSA) is 54.1 Å². The maximum Gasteiger partial charge on any atom is 0.220 e. The highest BCUT2D eigenvalue weighted by atomic mass is 16.5. The van der Waals surface area contributed by atoms with Gasteiger partial charge in [-0.05, 0) is 35.7 Å². The zero-order valence-electron chi connectivity index (χ0n) is 14.7. The molecule has 4 nitrogen and oxygen atoms in total. The Morgan fingerprint density at radius 1 is 1.16 bits per heavy atom. The number of hydrogen-bond donors (Lipinski definition) is 2. The number of hydrogen-bond acceptors (Lipinski definition) is 2. The Kier molecular flexibility index (Phi) is 5.39. The molecular formula is C21H24N2O2. The summed E-state index contributed by atoms with van der Waals surface area (Å²) in [5.41, 5.74) is 3.45. The Morgan fingerprint density at radius 3 is 2.64 bits per heavy atom. The minimum atomic E-state index is 0.0860. The van der Waals surface area contributed by atoms with E-state index in [0.29, 0.717) is 13.0 Å². The van der Waals surface area contributed by atoms with Gasteiger partial charge in [-0.25, -0.2) is 0 Å². The second-order valence-corrected chi connectivity index (χ2v) is 6.17. The molecule has 4 heteroatoms. The summed E-state index contributed by atoms with van der Waals surface area (Å²) in [4.78, 5) is 15.3. The van der Waals surface area contributed by atoms with Gasteiger partial charge in [0.1, 0.15) is 5.75 Å². The van der Waals surface area contributed by atoms with Crippen molar-refractivity contribution in [3.63, 3.8) is 0 Å². The van der Waals surface area contributed by atoms with Gasteiger partial charge in [0.15, 0.2) is 0 Å². The van der Waals surface area contributed by atoms with Crippen molar-refractivity contribution in [1.29, 1.82) is 0 Å². The van der Waals surface area contributed by atoms with E-state index in [9.17, 15) is 4.79 Å². The van der Waals surface area contributed by atoms with Gasteiger partial charge in [0.2, 0.25) is 5.91 Å². The van der Waals surface area contributed by atoms with Crippen molar-refractivity contribution < 1.29 is 9.53 Å². The Bertz CT molecular complexity index is 836. The van der Waals surface area contributed by atoms with Gasteiger partial charge in [-0.1, -0.05) is 37.3 Å². The van der Waals surface area contributed by atoms with Crippen LogP contribution in [0.2, 0.25) is 0 Å². The third-order valence-electron chi connectivity index (χ3n) is 4.50. The van der Waals surface area contributed by atoms with Gasteiger partial charge in [0.25, 0.3) is 0 Å². The van der Waals surface area contributed by atoms with Crippen molar-refractivity contribution in [1.82, 2.24) is 10.3 Å². The molecule has 130 valence electrons. The third-order valence-corrected chi connectivity index (χ3v) is 4.50. The minimum Gasteiger partial charge on any atom is -0.497 e. The lowest BCUT2D eigenvalue weighted by Crippen LogP contribution is -2.28. The van der Waals surface area contributed by atoms with E-state index in [-0.39, 0.29) is 11.8 Å². The van der Waals surface area contributed by atoms with E-state index >= 15 is 0 Å². The monoisotopic (exact) mass is 336 g/mol. The van der Waals surface area contributed by atoms with Gasteiger partial charge >= 0.3 is 0 Å². The minimum absolute atomic E-state index is 0.0860. The van der Waals surface area contributed by atoms with E-state index in [2.05, 4.69) is 34.6 Å². The van der Waals surface area contributed by atoms with Crippen LogP contribution in [0.4, 0.5) is 0 Å². The lowest BCUT2D eigenvalue weighted by Gasteiger charge is -2.18. The quantitative estimate of drug-likeness (QED) is 0.678. The van der Waals surface area contributed by atoms with Crippen LogP contribution >= 0.6 is 0 Å². The number of fused-ring (bicyclic) bond motifs is 1. The van der Waals surface area contributed by atoms with Crippen LogP contribution in [0.5, 0.6) is 5.75 Å². The molecule has 0 spiro atoms. The van der Waals surface area contributed by atoms with E-state index in [4.69, 9.17) is 4.74 Å². The standard InChI is InChI=1S/C21H24N2O2/c1-3-6-21(24)23-13-18(15-9-11-16(25-2)12-10-15)19-14-22-20-8-5-4-7-17(19)20/h4-5,7-12,14,18,22H,3,6,13H2,1-2H3,(H,23,24)/t18-/m0/s1. The highest BCUT2D eigenvalue weighted by molar-refractivity contribution is 5.84. The van der Waals surface area contributed by atoms with Gasteiger partial charge in [-0.2, -0.15) is 0 Å². The molecule has 0 fully saturated rings. The number of ether oxygens (including phenoxy) is 1. The van der Waals surface area contributed by atoms with E-state index in [0.717, 1.165) is 23.3 Å². The molecule has 0 unspecified atom stereocenters. The Labute approximate surface area is 148 Å². The number of nitrogens with one attached hydrogen (secondary N) is 2. The number of para-hydroxylation sites is 1. The zero-order chi connectivity index (χ0) is 17.6. The fourth-order valence-electron chi connectivity index (χ4n) is 3.16. The SMILES string of the molecule is CCCC(=O)NC[C@@H](c1ccc(OC)cc1)c1c[nH]c2ccccc12. The highest BCUT2D eigenvalue weighted by Gasteiger charge is 2.19. The molecule has 1 amide bonds. The Hall–Kier alpha value is -2.75. The molecule has 3 aromatic rings. The Morgan fingerprint density at radius 2 is 1.92 bits per heavy atom. The van der Waals surface area contributed by atoms with Gasteiger partial charge < -0.3 is 15.0 Å². The lowest BCUT2D eigenvalue weighted by molar-refractivity contribution is -0.121. The predicted octanol–water partition coefficient (Wildman–Crippen LogP) is 4.22. The van der Waals surface area contributed by atoms with E-state index in [1.54, 1.807) is 7.11 Å². The molecule has 0 aliphatic heterocycles. The van der Waals surface area contributed by atoms with Gasteiger partial charge in [0, 0.05) is 36.0 Å². The molecule has 0 saturated heterocycles. The molecule has 0 aliphatic rings. The molecule has 2 N–H and O–H groups in total. The summed E-state index contributed by atoms with van der Waals surface area (Å²) >= 11 is 0. The molecule has 0 radical (unpaired) electrons. The number of rotatable bonds is 7. The average Bonchev–Trinajstić information content (AvgIpc) is 3.07. The molecule has 2 aromatic carbocycles. The molecule has 0 aliphatic carbocycles. The van der Waals surface area contributed by atoms with Crippen molar-refractivity contribution in [2.24, 2.45) is 0 Å². The first-order valence-corrected chi connectivity index (χ1v) is 8.69. The van der Waals surface area contributed by atoms with E-state index in [1.165, 1.54) is 10.9 Å². The fraction of sp³-hybridized carbons (Fsp3) is 0.286. The second-order valence-electron chi connectivity index (χ2n) is 6.17. The summed E-state index contributed by atoms with van der Waals surface area (Å²) in [6.07, 6.45) is 3.46. The number of aromatic amines is 1. The number of carbonyl (C=O) groups excluding carboxylic acids is 1. The maximum absolute atomic E-state index is 12.0. The fourth-order valence-corrected chi connectivity index (χ4v) is 3.16. The average molecular weight is 336 g/mol. The van der Waals surface area contributed by atoms with E-state index < -0.39 is 0 Å². The van der Waals surface area contributed by atoms with Crippen LogP contribution < -0.4 is 10.1 Å². The predicted molar refractivity (Wildman–Crippen MR) is 101 cm³/mol. The van der Waals surface area contributed by atoms with Crippen molar-refractivity contribution in [2.75, 3.05) is 13.7 Å². The third kappa shape index (κ3) is 3.85. The second kappa shape index (κ2) is 7.88. The normalized spacial score (nSPS) is 12.1. The first kappa shape index (κ1) is 17.1. The molecule has 1 aromatic heterocycles. The molecule has 1 atom stereocenters. The van der Waals surface area contributed by atoms with Crippen LogP contribution in [0.1, 0.15) is 36.8 Å². The van der Waals surface area contributed by atoms with E-state index in [1.807, 2.05) is 37.4 Å². The number of H-pyrrole nitrogens is 1. The van der Waals surface area contributed by atoms with Crippen LogP contribution in [0.15, 0.2) is 54.7 Å². The highest BCUT2D eigenvalue weighted by Crippen LogP contribution is 2.31. The zero-order valence-corrected chi connectivity index (χ0v) is 14.7. The Balaban J connectivity index is 1.94. The number of amides is 1. The first-order chi connectivity index (χ1) is 12.2. The summed E-state index contributed by atoms with van der Waals surface area (Å²) < 4.78 is 5.26. The largest absolute Gasteiger partial charge is 0.497 e. The summed E-state index contributed by atoms with van der Waals surface area (Å²) in [5.74, 6) is 1.01. The molecule has 0 bridgehead atoms. The summed E-state index contributed by atoms with van der Waals surface area (Å²) in [6.45, 7) is 2.59. The molecular weight excluding hydrogens is 312 g/mol.